The van der Waals surface area contributed by atoms with Crippen LogP contribution >= 0.6 is 0 Å². The summed E-state index contributed by atoms with van der Waals surface area (Å²) in [7, 11) is 1.73. The van der Waals surface area contributed by atoms with Crippen molar-refractivity contribution in [3.05, 3.63) is 30.1 Å². The number of hydrogen-bond donors (Lipinski definition) is 1. The van der Waals surface area contributed by atoms with Gasteiger partial charge in [0.05, 0.1) is 6.61 Å². The first kappa shape index (κ1) is 13.1. The van der Waals surface area contributed by atoms with Gasteiger partial charge >= 0.3 is 0 Å². The molecular weight excluding hydrogens is 200 g/mol. The molecule has 2 unspecified atom stereocenters. The van der Waals surface area contributed by atoms with E-state index in [1.807, 2.05) is 12.4 Å². The van der Waals surface area contributed by atoms with E-state index in [0.717, 1.165) is 19.6 Å². The molecule has 3 nitrogen and oxygen atoms in total. The Morgan fingerprint density at radius 2 is 2.00 bits per heavy atom. The van der Waals surface area contributed by atoms with Gasteiger partial charge in [-0.1, -0.05) is 6.92 Å². The van der Waals surface area contributed by atoms with E-state index in [0.29, 0.717) is 12.0 Å². The Hall–Kier alpha value is -0.930. The Labute approximate surface area is 98.2 Å². The Kier molecular flexibility index (Phi) is 6.04. The molecule has 16 heavy (non-hydrogen) atoms. The highest BCUT2D eigenvalue weighted by atomic mass is 16.5. The summed E-state index contributed by atoms with van der Waals surface area (Å²) in [6.07, 6.45) is 4.79. The first-order chi connectivity index (χ1) is 7.74. The molecule has 90 valence electrons. The average molecular weight is 222 g/mol. The quantitative estimate of drug-likeness (QED) is 0.715. The molecule has 0 aliphatic rings. The first-order valence-electron chi connectivity index (χ1n) is 5.85. The van der Waals surface area contributed by atoms with Crippen molar-refractivity contribution in [3.8, 4) is 0 Å². The maximum absolute atomic E-state index is 5.02. The largest absolute Gasteiger partial charge is 0.383 e. The molecule has 0 aliphatic heterocycles. The first-order valence-corrected chi connectivity index (χ1v) is 5.85. The number of rotatable bonds is 7. The molecule has 1 heterocycles. The molecule has 1 aromatic heterocycles. The molecule has 0 saturated heterocycles. The minimum atomic E-state index is 0.503. The van der Waals surface area contributed by atoms with Gasteiger partial charge in [-0.3, -0.25) is 4.98 Å². The zero-order valence-electron chi connectivity index (χ0n) is 10.4. The Morgan fingerprint density at radius 3 is 2.62 bits per heavy atom. The highest BCUT2D eigenvalue weighted by Crippen LogP contribution is 2.10. The van der Waals surface area contributed by atoms with Crippen LogP contribution in [0, 0.1) is 5.92 Å². The van der Waals surface area contributed by atoms with Crippen molar-refractivity contribution < 1.29 is 4.74 Å². The zero-order valence-corrected chi connectivity index (χ0v) is 10.4. The van der Waals surface area contributed by atoms with Crippen LogP contribution < -0.4 is 5.32 Å². The molecule has 1 N–H and O–H groups in total. The lowest BCUT2D eigenvalue weighted by molar-refractivity contribution is 0.192. The van der Waals surface area contributed by atoms with Gasteiger partial charge in [0.1, 0.15) is 0 Å². The van der Waals surface area contributed by atoms with Crippen LogP contribution in [0.4, 0.5) is 0 Å². The van der Waals surface area contributed by atoms with E-state index in [4.69, 9.17) is 4.74 Å². The molecule has 0 radical (unpaired) electrons. The summed E-state index contributed by atoms with van der Waals surface area (Å²) in [4.78, 5) is 4.03. The molecule has 1 aromatic rings. The van der Waals surface area contributed by atoms with Gasteiger partial charge in [0.2, 0.25) is 0 Å². The number of methoxy groups -OCH3 is 1. The number of nitrogens with one attached hydrogen (secondary N) is 1. The molecule has 0 aromatic carbocycles. The number of aromatic nitrogens is 1. The smallest absolute Gasteiger partial charge is 0.0587 e. The summed E-state index contributed by atoms with van der Waals surface area (Å²) >= 11 is 0. The maximum atomic E-state index is 5.02. The molecule has 0 saturated carbocycles. The molecule has 1 rings (SSSR count). The van der Waals surface area contributed by atoms with Gasteiger partial charge in [-0.05, 0) is 37.0 Å². The molecular formula is C13H22N2O. The number of pyridine rings is 1. The van der Waals surface area contributed by atoms with Crippen molar-refractivity contribution in [1.82, 2.24) is 10.3 Å². The highest BCUT2D eigenvalue weighted by Gasteiger charge is 2.11. The lowest BCUT2D eigenvalue weighted by atomic mass is 9.95. The van der Waals surface area contributed by atoms with Crippen molar-refractivity contribution in [2.75, 3.05) is 20.3 Å². The average Bonchev–Trinajstić information content (AvgIpc) is 2.30. The van der Waals surface area contributed by atoms with Gasteiger partial charge in [-0.2, -0.15) is 0 Å². The van der Waals surface area contributed by atoms with E-state index in [1.165, 1.54) is 5.56 Å². The van der Waals surface area contributed by atoms with Crippen LogP contribution in [0.5, 0.6) is 0 Å². The van der Waals surface area contributed by atoms with Gasteiger partial charge < -0.3 is 10.1 Å². The zero-order chi connectivity index (χ0) is 11.8. The predicted octanol–water partition coefficient (Wildman–Crippen LogP) is 1.88. The third-order valence-corrected chi connectivity index (χ3v) is 2.93. The second kappa shape index (κ2) is 7.36. The van der Waals surface area contributed by atoms with Crippen LogP contribution in [0.15, 0.2) is 24.5 Å². The maximum Gasteiger partial charge on any atom is 0.0587 e. The fourth-order valence-corrected chi connectivity index (χ4v) is 1.66. The lowest BCUT2D eigenvalue weighted by Gasteiger charge is -2.21. The van der Waals surface area contributed by atoms with Crippen LogP contribution in [0.2, 0.25) is 0 Å². The highest BCUT2D eigenvalue weighted by molar-refractivity contribution is 5.10. The molecule has 3 heteroatoms. The van der Waals surface area contributed by atoms with Gasteiger partial charge in [-0.15, -0.1) is 0 Å². The molecule has 0 amide bonds. The number of ether oxygens (including phenoxy) is 1. The molecule has 0 bridgehead atoms. The van der Waals surface area contributed by atoms with Crippen molar-refractivity contribution in [2.24, 2.45) is 5.92 Å². The molecule has 0 spiro atoms. The number of nitrogens with zero attached hydrogens (tertiary/aromatic N) is 1. The van der Waals surface area contributed by atoms with E-state index >= 15 is 0 Å². The van der Waals surface area contributed by atoms with Crippen molar-refractivity contribution >= 4 is 0 Å². The van der Waals surface area contributed by atoms with Crippen molar-refractivity contribution in [3.63, 3.8) is 0 Å². The summed E-state index contributed by atoms with van der Waals surface area (Å²) in [5.41, 5.74) is 1.35. The van der Waals surface area contributed by atoms with Gasteiger partial charge in [-0.25, -0.2) is 0 Å². The monoisotopic (exact) mass is 222 g/mol. The van der Waals surface area contributed by atoms with E-state index in [1.54, 1.807) is 7.11 Å². The topological polar surface area (TPSA) is 34.1 Å². The SMILES string of the molecule is COCCNC(C)C(C)Cc1ccncc1. The van der Waals surface area contributed by atoms with Crippen LogP contribution in [0.1, 0.15) is 19.4 Å². The van der Waals surface area contributed by atoms with Crippen LogP contribution in [-0.2, 0) is 11.2 Å². The second-order valence-electron chi connectivity index (χ2n) is 4.27. The van der Waals surface area contributed by atoms with E-state index < -0.39 is 0 Å². The summed E-state index contributed by atoms with van der Waals surface area (Å²) in [6, 6.07) is 4.67. The van der Waals surface area contributed by atoms with Crippen LogP contribution in [0.3, 0.4) is 0 Å². The Balaban J connectivity index is 2.31. The minimum Gasteiger partial charge on any atom is -0.383 e. The summed E-state index contributed by atoms with van der Waals surface area (Å²) in [6.45, 7) is 6.18. The summed E-state index contributed by atoms with van der Waals surface area (Å²) < 4.78 is 5.02. The summed E-state index contributed by atoms with van der Waals surface area (Å²) in [5, 5.41) is 3.46. The third-order valence-electron chi connectivity index (χ3n) is 2.93. The molecule has 0 fully saturated rings. The molecule has 0 aliphatic carbocycles. The Bertz CT molecular complexity index is 277. The third kappa shape index (κ3) is 4.73. The van der Waals surface area contributed by atoms with Gasteiger partial charge in [0.15, 0.2) is 0 Å². The van der Waals surface area contributed by atoms with Crippen molar-refractivity contribution in [2.45, 2.75) is 26.3 Å². The van der Waals surface area contributed by atoms with Crippen molar-refractivity contribution in [1.29, 1.82) is 0 Å². The fraction of sp³-hybridized carbons (Fsp3) is 0.615. The second-order valence-corrected chi connectivity index (χ2v) is 4.27. The number of hydrogen-bond acceptors (Lipinski definition) is 3. The molecule has 2 atom stereocenters. The van der Waals surface area contributed by atoms with Gasteiger partial charge in [0, 0.05) is 32.1 Å². The van der Waals surface area contributed by atoms with Gasteiger partial charge in [0.25, 0.3) is 0 Å². The standard InChI is InChI=1S/C13H22N2O/c1-11(12(2)15-8-9-16-3)10-13-4-6-14-7-5-13/h4-7,11-12,15H,8-10H2,1-3H3. The van der Waals surface area contributed by atoms with E-state index in [2.05, 4.69) is 36.3 Å². The predicted molar refractivity (Wildman–Crippen MR) is 66.4 cm³/mol. The fourth-order valence-electron chi connectivity index (χ4n) is 1.66. The summed E-state index contributed by atoms with van der Waals surface area (Å²) in [5.74, 6) is 0.610. The van der Waals surface area contributed by atoms with Crippen LogP contribution in [-0.4, -0.2) is 31.3 Å². The van der Waals surface area contributed by atoms with Crippen LogP contribution in [0.25, 0.3) is 0 Å². The Morgan fingerprint density at radius 1 is 1.31 bits per heavy atom. The van der Waals surface area contributed by atoms with E-state index in [-0.39, 0.29) is 0 Å². The van der Waals surface area contributed by atoms with E-state index in [9.17, 15) is 0 Å². The normalized spacial score (nSPS) is 14.7. The minimum absolute atomic E-state index is 0.503. The lowest BCUT2D eigenvalue weighted by Crippen LogP contribution is -2.35.